The Morgan fingerprint density at radius 1 is 1.13 bits per heavy atom. The highest BCUT2D eigenvalue weighted by Gasteiger charge is 2.14. The molecule has 0 unspecified atom stereocenters. The molecule has 0 aliphatic rings. The van der Waals surface area contributed by atoms with Crippen molar-refractivity contribution in [1.82, 2.24) is 14.9 Å². The lowest BCUT2D eigenvalue weighted by atomic mass is 10.1. The van der Waals surface area contributed by atoms with Crippen LogP contribution in [-0.2, 0) is 17.9 Å². The average molecular weight is 499 g/mol. The van der Waals surface area contributed by atoms with Gasteiger partial charge in [-0.15, -0.1) is 0 Å². The van der Waals surface area contributed by atoms with E-state index < -0.39 is 0 Å². The molecule has 2 aromatic carbocycles. The van der Waals surface area contributed by atoms with Crippen molar-refractivity contribution in [2.24, 2.45) is 5.92 Å². The standard InChI is InChI=1S/C22H22Cl3N3O2S/c1-13(2)7-8-28-21(30)17-6-5-16(24)10-19(17)27-22(28)31-12-20(29)26-11-14-3-4-15(23)9-18(14)25/h3-6,9-10,13H,7-8,11-12H2,1-2H3,(H,26,29). The lowest BCUT2D eigenvalue weighted by Crippen LogP contribution is -2.27. The van der Waals surface area contributed by atoms with Crippen molar-refractivity contribution in [3.63, 3.8) is 0 Å². The lowest BCUT2D eigenvalue weighted by molar-refractivity contribution is -0.118. The smallest absolute Gasteiger partial charge is 0.262 e. The Labute approximate surface area is 200 Å². The van der Waals surface area contributed by atoms with E-state index in [2.05, 4.69) is 24.1 Å². The van der Waals surface area contributed by atoms with Gasteiger partial charge in [0.1, 0.15) is 0 Å². The van der Waals surface area contributed by atoms with E-state index in [4.69, 9.17) is 34.8 Å². The summed E-state index contributed by atoms with van der Waals surface area (Å²) in [5.41, 5.74) is 1.17. The van der Waals surface area contributed by atoms with Crippen LogP contribution in [0.15, 0.2) is 46.3 Å². The number of nitrogens with one attached hydrogen (secondary N) is 1. The third-order valence-electron chi connectivity index (χ3n) is 4.64. The molecule has 9 heteroatoms. The molecule has 3 aromatic rings. The second-order valence-corrected chi connectivity index (χ2v) is 9.72. The molecule has 3 rings (SSSR count). The minimum absolute atomic E-state index is 0.116. The first-order valence-corrected chi connectivity index (χ1v) is 11.9. The molecule has 31 heavy (non-hydrogen) atoms. The number of carbonyl (C=O) groups excluding carboxylic acids is 1. The van der Waals surface area contributed by atoms with Crippen LogP contribution in [0.1, 0.15) is 25.8 Å². The number of amides is 1. The fraction of sp³-hybridized carbons (Fsp3) is 0.318. The summed E-state index contributed by atoms with van der Waals surface area (Å²) >= 11 is 19.4. The number of thioether (sulfide) groups is 1. The summed E-state index contributed by atoms with van der Waals surface area (Å²) in [6, 6.07) is 10.2. The number of rotatable bonds is 8. The fourth-order valence-electron chi connectivity index (χ4n) is 2.91. The Bertz CT molecular complexity index is 1160. The van der Waals surface area contributed by atoms with Crippen molar-refractivity contribution < 1.29 is 4.79 Å². The quantitative estimate of drug-likeness (QED) is 0.314. The molecule has 0 saturated carbocycles. The predicted octanol–water partition coefficient (Wildman–Crippen LogP) is 5.81. The summed E-state index contributed by atoms with van der Waals surface area (Å²) in [5.74, 6) is 0.357. The zero-order chi connectivity index (χ0) is 22.5. The largest absolute Gasteiger partial charge is 0.351 e. The molecule has 0 bridgehead atoms. The van der Waals surface area contributed by atoms with Crippen LogP contribution < -0.4 is 10.9 Å². The first kappa shape index (κ1) is 23.9. The molecular weight excluding hydrogens is 477 g/mol. The van der Waals surface area contributed by atoms with Gasteiger partial charge in [-0.2, -0.15) is 0 Å². The molecule has 1 aromatic heterocycles. The molecule has 0 atom stereocenters. The van der Waals surface area contributed by atoms with E-state index in [-0.39, 0.29) is 23.8 Å². The molecule has 0 aliphatic carbocycles. The zero-order valence-corrected chi connectivity index (χ0v) is 20.2. The molecule has 0 radical (unpaired) electrons. The van der Waals surface area contributed by atoms with E-state index in [0.717, 1.165) is 12.0 Å². The summed E-state index contributed by atoms with van der Waals surface area (Å²) in [6.45, 7) is 5.02. The minimum Gasteiger partial charge on any atom is -0.351 e. The molecule has 0 aliphatic heterocycles. The first-order valence-electron chi connectivity index (χ1n) is 9.78. The van der Waals surface area contributed by atoms with Crippen LogP contribution in [0.4, 0.5) is 0 Å². The average Bonchev–Trinajstić information content (AvgIpc) is 2.70. The van der Waals surface area contributed by atoms with Crippen molar-refractivity contribution in [3.8, 4) is 0 Å². The van der Waals surface area contributed by atoms with Crippen LogP contribution in [0.2, 0.25) is 15.1 Å². The minimum atomic E-state index is -0.188. The van der Waals surface area contributed by atoms with Crippen LogP contribution in [-0.4, -0.2) is 21.2 Å². The maximum absolute atomic E-state index is 13.0. The van der Waals surface area contributed by atoms with E-state index in [1.807, 2.05) is 0 Å². The monoisotopic (exact) mass is 497 g/mol. The molecule has 1 amide bonds. The molecule has 164 valence electrons. The number of fused-ring (bicyclic) bond motifs is 1. The van der Waals surface area contributed by atoms with Gasteiger partial charge < -0.3 is 5.32 Å². The Morgan fingerprint density at radius 2 is 1.84 bits per heavy atom. The van der Waals surface area contributed by atoms with Gasteiger partial charge in [-0.1, -0.05) is 66.5 Å². The van der Waals surface area contributed by atoms with Crippen LogP contribution in [0, 0.1) is 5.92 Å². The summed E-state index contributed by atoms with van der Waals surface area (Å²) in [6.07, 6.45) is 0.829. The molecule has 0 spiro atoms. The van der Waals surface area contributed by atoms with Crippen molar-refractivity contribution in [3.05, 3.63) is 67.4 Å². The highest BCUT2D eigenvalue weighted by Crippen LogP contribution is 2.22. The normalized spacial score (nSPS) is 11.3. The number of hydrogen-bond donors (Lipinski definition) is 1. The third-order valence-corrected chi connectivity index (χ3v) is 6.43. The topological polar surface area (TPSA) is 64.0 Å². The molecule has 1 N–H and O–H groups in total. The highest BCUT2D eigenvalue weighted by molar-refractivity contribution is 7.99. The number of halogens is 3. The maximum atomic E-state index is 13.0. The third kappa shape index (κ3) is 6.39. The van der Waals surface area contributed by atoms with Crippen LogP contribution in [0.25, 0.3) is 10.9 Å². The van der Waals surface area contributed by atoms with Crippen LogP contribution >= 0.6 is 46.6 Å². The Morgan fingerprint density at radius 3 is 2.55 bits per heavy atom. The summed E-state index contributed by atoms with van der Waals surface area (Å²) in [5, 5.41) is 5.39. The Kier molecular flexibility index (Phi) is 8.28. The number of hydrogen-bond acceptors (Lipinski definition) is 4. The van der Waals surface area contributed by atoms with Crippen LogP contribution in [0.5, 0.6) is 0 Å². The van der Waals surface area contributed by atoms with Crippen molar-refractivity contribution in [2.45, 2.75) is 38.5 Å². The molecule has 0 fully saturated rings. The molecule has 0 saturated heterocycles. The number of carbonyl (C=O) groups is 1. The zero-order valence-electron chi connectivity index (χ0n) is 17.1. The van der Waals surface area contributed by atoms with Crippen molar-refractivity contribution in [1.29, 1.82) is 0 Å². The number of aromatic nitrogens is 2. The van der Waals surface area contributed by atoms with Crippen molar-refractivity contribution >= 4 is 63.4 Å². The second-order valence-electron chi connectivity index (χ2n) is 7.50. The van der Waals surface area contributed by atoms with Gasteiger partial charge >= 0.3 is 0 Å². The first-order chi connectivity index (χ1) is 14.7. The fourth-order valence-corrected chi connectivity index (χ4v) is 4.41. The Balaban J connectivity index is 1.76. The van der Waals surface area contributed by atoms with Gasteiger partial charge in [0, 0.05) is 28.2 Å². The SMILES string of the molecule is CC(C)CCn1c(SCC(=O)NCc2ccc(Cl)cc2Cl)nc2cc(Cl)ccc2c1=O. The molecular formula is C22H22Cl3N3O2S. The second kappa shape index (κ2) is 10.7. The van der Waals surface area contributed by atoms with E-state index in [1.54, 1.807) is 41.0 Å². The molecule has 5 nitrogen and oxygen atoms in total. The highest BCUT2D eigenvalue weighted by atomic mass is 35.5. The summed E-state index contributed by atoms with van der Waals surface area (Å²) < 4.78 is 1.64. The Hall–Kier alpha value is -1.73. The van der Waals surface area contributed by atoms with Gasteiger partial charge in [-0.25, -0.2) is 4.98 Å². The van der Waals surface area contributed by atoms with Gasteiger partial charge in [0.05, 0.1) is 16.7 Å². The number of nitrogens with zero attached hydrogens (tertiary/aromatic N) is 2. The van der Waals surface area contributed by atoms with E-state index >= 15 is 0 Å². The summed E-state index contributed by atoms with van der Waals surface area (Å²) in [4.78, 5) is 30.1. The molecule has 1 heterocycles. The van der Waals surface area contributed by atoms with E-state index in [9.17, 15) is 9.59 Å². The van der Waals surface area contributed by atoms with Gasteiger partial charge in [0.2, 0.25) is 5.91 Å². The van der Waals surface area contributed by atoms with E-state index in [1.165, 1.54) is 11.8 Å². The van der Waals surface area contributed by atoms with Gasteiger partial charge in [-0.3, -0.25) is 14.2 Å². The van der Waals surface area contributed by atoms with Gasteiger partial charge in [0.25, 0.3) is 5.56 Å². The van der Waals surface area contributed by atoms with Crippen LogP contribution in [0.3, 0.4) is 0 Å². The number of benzene rings is 2. The van der Waals surface area contributed by atoms with E-state index in [0.29, 0.717) is 43.6 Å². The van der Waals surface area contributed by atoms with Crippen molar-refractivity contribution in [2.75, 3.05) is 5.75 Å². The predicted molar refractivity (Wildman–Crippen MR) is 130 cm³/mol. The lowest BCUT2D eigenvalue weighted by Gasteiger charge is -2.14. The summed E-state index contributed by atoms with van der Waals surface area (Å²) in [7, 11) is 0. The van der Waals surface area contributed by atoms with Gasteiger partial charge in [-0.05, 0) is 48.2 Å². The maximum Gasteiger partial charge on any atom is 0.262 e. The van der Waals surface area contributed by atoms with Gasteiger partial charge in [0.15, 0.2) is 5.16 Å².